The van der Waals surface area contributed by atoms with Gasteiger partial charge < -0.3 is 14.9 Å². The van der Waals surface area contributed by atoms with Gasteiger partial charge in [-0.3, -0.25) is 9.59 Å². The Bertz CT molecular complexity index is 309. The van der Waals surface area contributed by atoms with E-state index in [2.05, 4.69) is 13.0 Å². The van der Waals surface area contributed by atoms with E-state index in [4.69, 9.17) is 14.9 Å². The molecule has 0 fully saturated rings. The van der Waals surface area contributed by atoms with Gasteiger partial charge in [0.25, 0.3) is 0 Å². The van der Waals surface area contributed by atoms with Crippen molar-refractivity contribution in [2.24, 2.45) is 5.92 Å². The van der Waals surface area contributed by atoms with Crippen molar-refractivity contribution in [3.05, 3.63) is 12.2 Å². The first-order valence-electron chi connectivity index (χ1n) is 7.18. The molecule has 0 aliphatic rings. The standard InChI is InChI=1S/C15H26O5/c1-3-4-5-6-7-8-9-13(10-14(17)18)15(19)20-11-12(2)16/h6-7,12-13,16H,3-5,8-11H2,1-2H3,(H,17,18)/b7-6+. The number of aliphatic carboxylic acids is 1. The van der Waals surface area contributed by atoms with E-state index < -0.39 is 24.0 Å². The van der Waals surface area contributed by atoms with Crippen LogP contribution >= 0.6 is 0 Å². The molecule has 0 aromatic heterocycles. The zero-order valence-corrected chi connectivity index (χ0v) is 12.4. The number of unbranched alkanes of at least 4 members (excludes halogenated alkanes) is 2. The largest absolute Gasteiger partial charge is 0.481 e. The van der Waals surface area contributed by atoms with Crippen LogP contribution in [0.5, 0.6) is 0 Å². The van der Waals surface area contributed by atoms with Crippen molar-refractivity contribution in [1.82, 2.24) is 0 Å². The molecule has 0 aromatic carbocycles. The van der Waals surface area contributed by atoms with Gasteiger partial charge in [0.05, 0.1) is 18.4 Å². The average Bonchev–Trinajstić information content (AvgIpc) is 2.38. The van der Waals surface area contributed by atoms with Crippen LogP contribution in [0.1, 0.15) is 52.4 Å². The molecule has 2 N–H and O–H groups in total. The molecule has 0 saturated carbocycles. The lowest BCUT2D eigenvalue weighted by atomic mass is 9.99. The summed E-state index contributed by atoms with van der Waals surface area (Å²) in [5.41, 5.74) is 0. The van der Waals surface area contributed by atoms with E-state index in [9.17, 15) is 9.59 Å². The van der Waals surface area contributed by atoms with Crippen LogP contribution in [0.25, 0.3) is 0 Å². The summed E-state index contributed by atoms with van der Waals surface area (Å²) >= 11 is 0. The first-order chi connectivity index (χ1) is 9.47. The average molecular weight is 286 g/mol. The normalized spacial score (nSPS) is 14.2. The fourth-order valence-electron chi connectivity index (χ4n) is 1.69. The maximum atomic E-state index is 11.7. The van der Waals surface area contributed by atoms with Gasteiger partial charge >= 0.3 is 11.9 Å². The minimum absolute atomic E-state index is 0.0959. The number of carboxylic acid groups (broad SMARTS) is 1. The number of ether oxygens (including phenoxy) is 1. The Balaban J connectivity index is 4.16. The van der Waals surface area contributed by atoms with Crippen LogP contribution in [0.3, 0.4) is 0 Å². The summed E-state index contributed by atoms with van der Waals surface area (Å²) in [5, 5.41) is 17.9. The van der Waals surface area contributed by atoms with E-state index >= 15 is 0 Å². The fraction of sp³-hybridized carbons (Fsp3) is 0.733. The van der Waals surface area contributed by atoms with Crippen LogP contribution < -0.4 is 0 Å². The molecule has 116 valence electrons. The monoisotopic (exact) mass is 286 g/mol. The van der Waals surface area contributed by atoms with Gasteiger partial charge in [-0.05, 0) is 26.2 Å². The van der Waals surface area contributed by atoms with Crippen molar-refractivity contribution in [2.75, 3.05) is 6.61 Å². The lowest BCUT2D eigenvalue weighted by Gasteiger charge is -2.14. The molecule has 0 heterocycles. The second-order valence-corrected chi connectivity index (χ2v) is 4.96. The number of rotatable bonds is 11. The highest BCUT2D eigenvalue weighted by atomic mass is 16.5. The smallest absolute Gasteiger partial charge is 0.309 e. The van der Waals surface area contributed by atoms with E-state index in [-0.39, 0.29) is 13.0 Å². The SMILES string of the molecule is CCCC/C=C/CCC(CC(=O)O)C(=O)OCC(C)O. The Kier molecular flexibility index (Phi) is 10.7. The molecule has 0 rings (SSSR count). The number of carbonyl (C=O) groups excluding carboxylic acids is 1. The Morgan fingerprint density at radius 1 is 1.25 bits per heavy atom. The van der Waals surface area contributed by atoms with Crippen LogP contribution in [-0.4, -0.2) is 34.9 Å². The molecular weight excluding hydrogens is 260 g/mol. The van der Waals surface area contributed by atoms with Crippen molar-refractivity contribution in [3.8, 4) is 0 Å². The Hall–Kier alpha value is -1.36. The number of carbonyl (C=O) groups is 2. The highest BCUT2D eigenvalue weighted by Crippen LogP contribution is 2.15. The van der Waals surface area contributed by atoms with Gasteiger partial charge in [-0.1, -0.05) is 31.9 Å². The number of hydrogen-bond acceptors (Lipinski definition) is 4. The van der Waals surface area contributed by atoms with Crippen LogP contribution in [0.4, 0.5) is 0 Å². The third-order valence-corrected chi connectivity index (χ3v) is 2.79. The minimum Gasteiger partial charge on any atom is -0.481 e. The van der Waals surface area contributed by atoms with Gasteiger partial charge in [-0.25, -0.2) is 0 Å². The third-order valence-electron chi connectivity index (χ3n) is 2.79. The summed E-state index contributed by atoms with van der Waals surface area (Å²) in [5.74, 6) is -2.21. The van der Waals surface area contributed by atoms with Crippen LogP contribution in [-0.2, 0) is 14.3 Å². The Morgan fingerprint density at radius 2 is 1.90 bits per heavy atom. The summed E-state index contributed by atoms with van der Waals surface area (Å²) < 4.78 is 4.89. The zero-order valence-electron chi connectivity index (χ0n) is 12.4. The molecule has 0 bridgehead atoms. The van der Waals surface area contributed by atoms with E-state index in [0.29, 0.717) is 12.8 Å². The van der Waals surface area contributed by atoms with E-state index in [1.54, 1.807) is 0 Å². The number of hydrogen-bond donors (Lipinski definition) is 2. The summed E-state index contributed by atoms with van der Waals surface area (Å²) in [6.07, 6.45) is 7.45. The molecule has 0 amide bonds. The predicted molar refractivity (Wildman–Crippen MR) is 76.3 cm³/mol. The van der Waals surface area contributed by atoms with Crippen molar-refractivity contribution in [1.29, 1.82) is 0 Å². The number of esters is 1. The molecule has 0 aliphatic carbocycles. The lowest BCUT2D eigenvalue weighted by Crippen LogP contribution is -2.24. The molecule has 5 heteroatoms. The first-order valence-corrected chi connectivity index (χ1v) is 7.18. The second-order valence-electron chi connectivity index (χ2n) is 4.96. The summed E-state index contributed by atoms with van der Waals surface area (Å²) in [6.45, 7) is 3.53. The van der Waals surface area contributed by atoms with Crippen LogP contribution in [0.15, 0.2) is 12.2 Å². The molecule has 0 spiro atoms. The van der Waals surface area contributed by atoms with Gasteiger partial charge in [0.15, 0.2) is 0 Å². The van der Waals surface area contributed by atoms with Gasteiger partial charge in [-0.2, -0.15) is 0 Å². The fourth-order valence-corrected chi connectivity index (χ4v) is 1.69. The second kappa shape index (κ2) is 11.5. The molecular formula is C15H26O5. The van der Waals surface area contributed by atoms with Gasteiger partial charge in [0.2, 0.25) is 0 Å². The van der Waals surface area contributed by atoms with Crippen LogP contribution in [0.2, 0.25) is 0 Å². The zero-order chi connectivity index (χ0) is 15.4. The molecule has 2 atom stereocenters. The van der Waals surface area contributed by atoms with Crippen molar-refractivity contribution < 1.29 is 24.5 Å². The topological polar surface area (TPSA) is 83.8 Å². The highest BCUT2D eigenvalue weighted by Gasteiger charge is 2.22. The maximum Gasteiger partial charge on any atom is 0.309 e. The first kappa shape index (κ1) is 18.6. The number of aliphatic hydroxyl groups excluding tert-OH is 1. The Morgan fingerprint density at radius 3 is 2.45 bits per heavy atom. The van der Waals surface area contributed by atoms with E-state index in [0.717, 1.165) is 19.3 Å². The number of aliphatic hydroxyl groups is 1. The highest BCUT2D eigenvalue weighted by molar-refractivity contribution is 5.79. The molecule has 0 aromatic rings. The Labute approximate surface area is 120 Å². The van der Waals surface area contributed by atoms with Crippen molar-refractivity contribution in [2.45, 2.75) is 58.5 Å². The lowest BCUT2D eigenvalue weighted by molar-refractivity contribution is -0.155. The number of allylic oxidation sites excluding steroid dienone is 2. The van der Waals surface area contributed by atoms with Crippen molar-refractivity contribution in [3.63, 3.8) is 0 Å². The number of carboxylic acids is 1. The molecule has 0 radical (unpaired) electrons. The maximum absolute atomic E-state index is 11.7. The quantitative estimate of drug-likeness (QED) is 0.346. The molecule has 5 nitrogen and oxygen atoms in total. The van der Waals surface area contributed by atoms with E-state index in [1.807, 2.05) is 6.08 Å². The third kappa shape index (κ3) is 10.6. The van der Waals surface area contributed by atoms with Gasteiger partial charge in [0, 0.05) is 0 Å². The molecule has 0 saturated heterocycles. The van der Waals surface area contributed by atoms with Crippen LogP contribution in [0, 0.1) is 5.92 Å². The van der Waals surface area contributed by atoms with E-state index in [1.165, 1.54) is 6.92 Å². The van der Waals surface area contributed by atoms with Gasteiger partial charge in [0.1, 0.15) is 6.61 Å². The van der Waals surface area contributed by atoms with Crippen molar-refractivity contribution >= 4 is 11.9 Å². The minimum atomic E-state index is -1.01. The molecule has 20 heavy (non-hydrogen) atoms. The molecule has 0 aliphatic heterocycles. The molecule has 2 unspecified atom stereocenters. The summed E-state index contributed by atoms with van der Waals surface area (Å²) in [4.78, 5) is 22.5. The van der Waals surface area contributed by atoms with Gasteiger partial charge in [-0.15, -0.1) is 0 Å². The predicted octanol–water partition coefficient (Wildman–Crippen LogP) is 2.53. The summed E-state index contributed by atoms with van der Waals surface area (Å²) in [7, 11) is 0. The summed E-state index contributed by atoms with van der Waals surface area (Å²) in [6, 6.07) is 0.